The third-order valence-corrected chi connectivity index (χ3v) is 2.90. The molecule has 2 amide bonds. The summed E-state index contributed by atoms with van der Waals surface area (Å²) in [5.41, 5.74) is -0.00452. The van der Waals surface area contributed by atoms with Gasteiger partial charge in [0.1, 0.15) is 17.7 Å². The fourth-order valence-corrected chi connectivity index (χ4v) is 1.73. The first-order valence-corrected chi connectivity index (χ1v) is 6.04. The number of likely N-dealkylation sites (N-methyl/N-ethyl adjacent to an activating group) is 1. The number of benzene rings is 1. The maximum absolute atomic E-state index is 13.3. The molecule has 0 heterocycles. The SMILES string of the molecule is CCC(C(=O)O)N(C)C(=O)NCc1cc(F)ccc1F. The Bertz CT molecular complexity index is 508. The van der Waals surface area contributed by atoms with Crippen molar-refractivity contribution >= 4 is 12.0 Å². The van der Waals surface area contributed by atoms with Crippen LogP contribution in [0.25, 0.3) is 0 Å². The Morgan fingerprint density at radius 1 is 1.40 bits per heavy atom. The van der Waals surface area contributed by atoms with Gasteiger partial charge in [0, 0.05) is 19.2 Å². The lowest BCUT2D eigenvalue weighted by Gasteiger charge is -2.24. The number of carboxylic acid groups (broad SMARTS) is 1. The van der Waals surface area contributed by atoms with Crippen LogP contribution in [0.5, 0.6) is 0 Å². The number of urea groups is 1. The fourth-order valence-electron chi connectivity index (χ4n) is 1.73. The molecule has 0 aliphatic carbocycles. The molecule has 0 spiro atoms. The lowest BCUT2D eigenvalue weighted by Crippen LogP contribution is -2.46. The molecule has 0 radical (unpaired) electrons. The monoisotopic (exact) mass is 286 g/mol. The Morgan fingerprint density at radius 2 is 2.05 bits per heavy atom. The molecule has 1 atom stereocenters. The van der Waals surface area contributed by atoms with E-state index >= 15 is 0 Å². The Hall–Kier alpha value is -2.18. The van der Waals surface area contributed by atoms with Gasteiger partial charge in [-0.15, -0.1) is 0 Å². The number of nitrogens with zero attached hydrogens (tertiary/aromatic N) is 1. The maximum atomic E-state index is 13.3. The molecule has 0 saturated carbocycles. The predicted octanol–water partition coefficient (Wildman–Crippen LogP) is 1.97. The maximum Gasteiger partial charge on any atom is 0.326 e. The standard InChI is InChI=1S/C13H16F2N2O3/c1-3-11(12(18)19)17(2)13(20)16-7-8-6-9(14)4-5-10(8)15/h4-6,11H,3,7H2,1-2H3,(H,16,20)(H,18,19). The summed E-state index contributed by atoms with van der Waals surface area (Å²) in [6.45, 7) is 1.41. The van der Waals surface area contributed by atoms with Crippen molar-refractivity contribution in [1.29, 1.82) is 0 Å². The van der Waals surface area contributed by atoms with Gasteiger partial charge in [-0.2, -0.15) is 0 Å². The molecule has 0 bridgehead atoms. The zero-order valence-electron chi connectivity index (χ0n) is 11.2. The summed E-state index contributed by atoms with van der Waals surface area (Å²) >= 11 is 0. The van der Waals surface area contributed by atoms with Crippen molar-refractivity contribution in [2.45, 2.75) is 25.9 Å². The predicted molar refractivity (Wildman–Crippen MR) is 68.1 cm³/mol. The van der Waals surface area contributed by atoms with Gasteiger partial charge in [0.2, 0.25) is 0 Å². The number of rotatable bonds is 5. The van der Waals surface area contributed by atoms with Crippen LogP contribution in [0.15, 0.2) is 18.2 Å². The number of hydrogen-bond acceptors (Lipinski definition) is 2. The van der Waals surface area contributed by atoms with E-state index in [4.69, 9.17) is 5.11 Å². The van der Waals surface area contributed by atoms with Gasteiger partial charge < -0.3 is 15.3 Å². The number of nitrogens with one attached hydrogen (secondary N) is 1. The zero-order chi connectivity index (χ0) is 15.3. The summed E-state index contributed by atoms with van der Waals surface area (Å²) in [6.07, 6.45) is 0.244. The molecule has 0 fully saturated rings. The van der Waals surface area contributed by atoms with Crippen molar-refractivity contribution < 1.29 is 23.5 Å². The summed E-state index contributed by atoms with van der Waals surface area (Å²) in [5.74, 6) is -2.37. The summed E-state index contributed by atoms with van der Waals surface area (Å²) in [4.78, 5) is 23.7. The van der Waals surface area contributed by atoms with E-state index in [9.17, 15) is 18.4 Å². The largest absolute Gasteiger partial charge is 0.480 e. The highest BCUT2D eigenvalue weighted by atomic mass is 19.1. The van der Waals surface area contributed by atoms with E-state index in [0.717, 1.165) is 23.1 Å². The van der Waals surface area contributed by atoms with E-state index in [0.29, 0.717) is 0 Å². The van der Waals surface area contributed by atoms with E-state index in [1.54, 1.807) is 6.92 Å². The number of aliphatic carboxylic acids is 1. The van der Waals surface area contributed by atoms with Crippen LogP contribution < -0.4 is 5.32 Å². The first kappa shape index (κ1) is 15.9. The Morgan fingerprint density at radius 3 is 2.60 bits per heavy atom. The third-order valence-electron chi connectivity index (χ3n) is 2.90. The highest BCUT2D eigenvalue weighted by Crippen LogP contribution is 2.10. The van der Waals surface area contributed by atoms with Gasteiger partial charge in [-0.25, -0.2) is 18.4 Å². The normalized spacial score (nSPS) is 11.8. The Labute approximate surface area is 115 Å². The molecular formula is C13H16F2N2O3. The second kappa shape index (κ2) is 6.83. The summed E-state index contributed by atoms with van der Waals surface area (Å²) in [7, 11) is 1.33. The molecule has 1 aromatic carbocycles. The minimum Gasteiger partial charge on any atom is -0.480 e. The molecule has 5 nitrogen and oxygen atoms in total. The Balaban J connectivity index is 2.67. The van der Waals surface area contributed by atoms with E-state index < -0.39 is 29.7 Å². The molecule has 110 valence electrons. The molecule has 0 aliphatic rings. The smallest absolute Gasteiger partial charge is 0.326 e. The van der Waals surface area contributed by atoms with Gasteiger partial charge in [0.15, 0.2) is 0 Å². The fraction of sp³-hybridized carbons (Fsp3) is 0.385. The van der Waals surface area contributed by atoms with E-state index in [2.05, 4.69) is 5.32 Å². The van der Waals surface area contributed by atoms with Crippen LogP contribution in [-0.2, 0) is 11.3 Å². The average molecular weight is 286 g/mol. The molecule has 20 heavy (non-hydrogen) atoms. The molecule has 1 rings (SSSR count). The van der Waals surface area contributed by atoms with Crippen LogP contribution in [0.2, 0.25) is 0 Å². The van der Waals surface area contributed by atoms with E-state index in [1.807, 2.05) is 0 Å². The molecule has 0 aromatic heterocycles. The summed E-state index contributed by atoms with van der Waals surface area (Å²) in [6, 6.07) is 1.29. The number of carbonyl (C=O) groups excluding carboxylic acids is 1. The van der Waals surface area contributed by atoms with Crippen LogP contribution in [-0.4, -0.2) is 35.1 Å². The summed E-state index contributed by atoms with van der Waals surface area (Å²) in [5, 5.41) is 11.3. The Kier molecular flexibility index (Phi) is 5.42. The van der Waals surface area contributed by atoms with Crippen molar-refractivity contribution in [2.75, 3.05) is 7.05 Å². The van der Waals surface area contributed by atoms with Crippen LogP contribution in [0, 0.1) is 11.6 Å². The van der Waals surface area contributed by atoms with Gasteiger partial charge in [0.05, 0.1) is 0 Å². The van der Waals surface area contributed by atoms with Gasteiger partial charge in [-0.1, -0.05) is 6.92 Å². The minimum absolute atomic E-state index is 0.00452. The summed E-state index contributed by atoms with van der Waals surface area (Å²) < 4.78 is 26.3. The second-order valence-corrected chi connectivity index (χ2v) is 4.27. The lowest BCUT2D eigenvalue weighted by atomic mass is 10.2. The van der Waals surface area contributed by atoms with E-state index in [-0.39, 0.29) is 18.5 Å². The minimum atomic E-state index is -1.12. The number of amides is 2. The number of carbonyl (C=O) groups is 2. The molecular weight excluding hydrogens is 270 g/mol. The number of carboxylic acids is 1. The topological polar surface area (TPSA) is 69.6 Å². The van der Waals surface area contributed by atoms with Crippen molar-refractivity contribution in [3.05, 3.63) is 35.4 Å². The first-order valence-electron chi connectivity index (χ1n) is 6.04. The second-order valence-electron chi connectivity index (χ2n) is 4.27. The highest BCUT2D eigenvalue weighted by molar-refractivity contribution is 5.82. The number of hydrogen-bond donors (Lipinski definition) is 2. The van der Waals surface area contributed by atoms with Crippen LogP contribution >= 0.6 is 0 Å². The number of halogens is 2. The van der Waals surface area contributed by atoms with Crippen molar-refractivity contribution in [3.8, 4) is 0 Å². The molecule has 7 heteroatoms. The quantitative estimate of drug-likeness (QED) is 0.869. The van der Waals surface area contributed by atoms with Crippen LogP contribution in [0.3, 0.4) is 0 Å². The van der Waals surface area contributed by atoms with Crippen LogP contribution in [0.4, 0.5) is 13.6 Å². The zero-order valence-corrected chi connectivity index (χ0v) is 11.2. The van der Waals surface area contributed by atoms with E-state index in [1.165, 1.54) is 7.05 Å². The van der Waals surface area contributed by atoms with Crippen LogP contribution in [0.1, 0.15) is 18.9 Å². The van der Waals surface area contributed by atoms with Gasteiger partial charge in [0.25, 0.3) is 0 Å². The van der Waals surface area contributed by atoms with Gasteiger partial charge >= 0.3 is 12.0 Å². The molecule has 1 unspecified atom stereocenters. The van der Waals surface area contributed by atoms with Crippen molar-refractivity contribution in [2.24, 2.45) is 0 Å². The molecule has 2 N–H and O–H groups in total. The highest BCUT2D eigenvalue weighted by Gasteiger charge is 2.24. The average Bonchev–Trinajstić information content (AvgIpc) is 2.39. The molecule has 0 saturated heterocycles. The third kappa shape index (κ3) is 3.91. The molecule has 1 aromatic rings. The van der Waals surface area contributed by atoms with Gasteiger partial charge in [-0.05, 0) is 24.6 Å². The van der Waals surface area contributed by atoms with Crippen molar-refractivity contribution in [1.82, 2.24) is 10.2 Å². The first-order chi connectivity index (χ1) is 9.36. The van der Waals surface area contributed by atoms with Crippen molar-refractivity contribution in [3.63, 3.8) is 0 Å². The van der Waals surface area contributed by atoms with Gasteiger partial charge in [-0.3, -0.25) is 0 Å². The molecule has 0 aliphatic heterocycles. The lowest BCUT2D eigenvalue weighted by molar-refractivity contribution is -0.141.